The van der Waals surface area contributed by atoms with E-state index in [9.17, 15) is 38.4 Å². The zero-order chi connectivity index (χ0) is 33.2. The van der Waals surface area contributed by atoms with Gasteiger partial charge in [-0.15, -0.1) is 0 Å². The highest BCUT2D eigenvalue weighted by atomic mass is 31.3. The van der Waals surface area contributed by atoms with Gasteiger partial charge in [0.15, 0.2) is 11.5 Å². The molecular formula is C18H20N9O15P3. The van der Waals surface area contributed by atoms with Gasteiger partial charge in [-0.1, -0.05) is 5.11 Å². The Hall–Kier alpha value is -3.88. The van der Waals surface area contributed by atoms with Gasteiger partial charge < -0.3 is 34.8 Å². The summed E-state index contributed by atoms with van der Waals surface area (Å²) in [7, 11) is -17.1. The molecule has 0 bridgehead atoms. The number of rotatable bonds is 13. The Kier molecular flexibility index (Phi) is 10.00. The number of nitrogens with zero attached hydrogens (tertiary/aromatic N) is 8. The van der Waals surface area contributed by atoms with Gasteiger partial charge in [-0.25, -0.2) is 33.4 Å². The van der Waals surface area contributed by atoms with E-state index in [-0.39, 0.29) is 34.5 Å². The van der Waals surface area contributed by atoms with Crippen LogP contribution >= 0.6 is 23.5 Å². The summed E-state index contributed by atoms with van der Waals surface area (Å²) in [5, 5.41) is 14.5. The van der Waals surface area contributed by atoms with Gasteiger partial charge in [0.1, 0.15) is 30.3 Å². The van der Waals surface area contributed by atoms with Crippen LogP contribution in [0.3, 0.4) is 0 Å². The van der Waals surface area contributed by atoms with Crippen molar-refractivity contribution in [3.8, 4) is 0 Å². The fourth-order valence-corrected chi connectivity index (χ4v) is 7.06. The second-order valence-corrected chi connectivity index (χ2v) is 13.2. The van der Waals surface area contributed by atoms with Crippen LogP contribution in [0.5, 0.6) is 0 Å². The lowest BCUT2D eigenvalue weighted by Crippen LogP contribution is -2.31. The number of aromatic nitrogens is 4. The molecule has 242 valence electrons. The van der Waals surface area contributed by atoms with E-state index in [0.717, 1.165) is 24.5 Å². The molecule has 1 aliphatic rings. The minimum atomic E-state index is -5.83. The van der Waals surface area contributed by atoms with Crippen LogP contribution in [0.2, 0.25) is 0 Å². The van der Waals surface area contributed by atoms with Crippen LogP contribution in [0.15, 0.2) is 36.0 Å². The third-order valence-electron chi connectivity index (χ3n) is 5.78. The second kappa shape index (κ2) is 13.2. The molecule has 2 aromatic heterocycles. The van der Waals surface area contributed by atoms with E-state index in [1.54, 1.807) is 0 Å². The molecule has 1 saturated heterocycles. The number of benzene rings is 1. The molecule has 0 saturated carbocycles. The van der Waals surface area contributed by atoms with E-state index >= 15 is 0 Å². The highest BCUT2D eigenvalue weighted by Gasteiger charge is 2.44. The maximum absolute atomic E-state index is 13.2. The predicted octanol–water partition coefficient (Wildman–Crippen LogP) is 1.98. The van der Waals surface area contributed by atoms with Crippen molar-refractivity contribution in [2.75, 3.05) is 12.3 Å². The van der Waals surface area contributed by atoms with Gasteiger partial charge in [-0.05, 0) is 17.2 Å². The Bertz CT molecular complexity index is 1830. The number of hydrogen-bond acceptors (Lipinski definition) is 16. The van der Waals surface area contributed by atoms with Gasteiger partial charge >= 0.3 is 29.4 Å². The van der Waals surface area contributed by atoms with Crippen molar-refractivity contribution < 1.29 is 65.6 Å². The molecule has 3 heterocycles. The molecule has 0 aliphatic carbocycles. The number of carbonyl (C=O) groups excluding carboxylic acids is 1. The largest absolute Gasteiger partial charge is 0.490 e. The van der Waals surface area contributed by atoms with Crippen molar-refractivity contribution in [1.82, 2.24) is 19.5 Å². The van der Waals surface area contributed by atoms with Gasteiger partial charge in [-0.3, -0.25) is 19.2 Å². The van der Waals surface area contributed by atoms with Crippen LogP contribution in [0.25, 0.3) is 21.6 Å². The van der Waals surface area contributed by atoms with Crippen LogP contribution in [0.4, 0.5) is 11.5 Å². The predicted molar refractivity (Wildman–Crippen MR) is 143 cm³/mol. The molecule has 6 N–H and O–H groups in total. The number of nitrogen functional groups attached to an aromatic ring is 1. The van der Waals surface area contributed by atoms with Crippen LogP contribution in [-0.2, 0) is 42.9 Å². The minimum Gasteiger partial charge on any atom is -0.456 e. The fraction of sp³-hybridized carbons (Fsp3) is 0.333. The van der Waals surface area contributed by atoms with Crippen molar-refractivity contribution in [3.63, 3.8) is 0 Å². The number of phosphoric acid groups is 3. The number of imidazole rings is 1. The molecule has 0 amide bonds. The summed E-state index contributed by atoms with van der Waals surface area (Å²) in [6, 6.07) is 3.05. The van der Waals surface area contributed by atoms with Crippen LogP contribution in [0.1, 0.15) is 28.6 Å². The van der Waals surface area contributed by atoms with Gasteiger partial charge in [0.2, 0.25) is 0 Å². The summed E-state index contributed by atoms with van der Waals surface area (Å²) in [6.07, 6.45) is -1.65. The molecule has 4 rings (SSSR count). The zero-order valence-electron chi connectivity index (χ0n) is 22.0. The third kappa shape index (κ3) is 8.65. The minimum absolute atomic E-state index is 0.0228. The summed E-state index contributed by atoms with van der Waals surface area (Å²) >= 11 is 0. The number of nitro benzene ring substituents is 1. The number of anilines is 1. The molecule has 3 aromatic rings. The number of nitrogens with two attached hydrogens (primary N) is 1. The molecule has 5 atom stereocenters. The molecule has 1 aromatic carbocycles. The number of ether oxygens (including phenoxy) is 2. The number of phosphoric ester groups is 1. The fourth-order valence-electron chi connectivity index (χ4n) is 4.03. The van der Waals surface area contributed by atoms with E-state index in [2.05, 4.69) is 38.1 Å². The lowest BCUT2D eigenvalue weighted by atomic mass is 10.1. The van der Waals surface area contributed by atoms with E-state index < -0.39 is 71.6 Å². The number of fused-ring (bicyclic) bond motifs is 1. The Morgan fingerprint density at radius 3 is 2.60 bits per heavy atom. The third-order valence-corrected chi connectivity index (χ3v) is 9.58. The van der Waals surface area contributed by atoms with Gasteiger partial charge in [0, 0.05) is 23.5 Å². The average molecular weight is 695 g/mol. The SMILES string of the molecule is [N-]=[N+]=NCc1cc([N+](=O)[O-])ccc1C(=O)OC1C[C@H](n2cnc3c(N)ncnc32)O[C@@H]1COP(=O)(O)OP(=O)(O)OP(=O)(O)O. The summed E-state index contributed by atoms with van der Waals surface area (Å²) in [6.45, 7) is -1.46. The van der Waals surface area contributed by atoms with Gasteiger partial charge in [0.05, 0.1) is 30.0 Å². The summed E-state index contributed by atoms with van der Waals surface area (Å²) in [5.41, 5.74) is 14.1. The van der Waals surface area contributed by atoms with Crippen molar-refractivity contribution in [2.24, 2.45) is 5.11 Å². The summed E-state index contributed by atoms with van der Waals surface area (Å²) < 4.78 is 59.7. The number of esters is 1. The zero-order valence-corrected chi connectivity index (χ0v) is 24.7. The molecule has 0 spiro atoms. The monoisotopic (exact) mass is 695 g/mol. The molecule has 1 fully saturated rings. The van der Waals surface area contributed by atoms with Gasteiger partial charge in [-0.2, -0.15) is 8.62 Å². The highest BCUT2D eigenvalue weighted by molar-refractivity contribution is 7.66. The number of nitro groups is 1. The van der Waals surface area contributed by atoms with Crippen molar-refractivity contribution in [2.45, 2.75) is 31.4 Å². The summed E-state index contributed by atoms with van der Waals surface area (Å²) in [5.74, 6) is -1.07. The lowest BCUT2D eigenvalue weighted by molar-refractivity contribution is -0.384. The first-order valence-corrected chi connectivity index (χ1v) is 16.4. The van der Waals surface area contributed by atoms with Gasteiger partial charge in [0.25, 0.3) is 5.69 Å². The Balaban J connectivity index is 1.60. The van der Waals surface area contributed by atoms with Crippen LogP contribution < -0.4 is 5.73 Å². The highest BCUT2D eigenvalue weighted by Crippen LogP contribution is 2.66. The van der Waals surface area contributed by atoms with Crippen LogP contribution in [-0.4, -0.2) is 68.8 Å². The van der Waals surface area contributed by atoms with E-state index in [0.29, 0.717) is 0 Å². The number of azide groups is 1. The van der Waals surface area contributed by atoms with E-state index in [1.165, 1.54) is 10.9 Å². The topological polar surface area (TPSA) is 357 Å². The average Bonchev–Trinajstić information content (AvgIpc) is 3.53. The molecule has 45 heavy (non-hydrogen) atoms. The summed E-state index contributed by atoms with van der Waals surface area (Å²) in [4.78, 5) is 75.0. The lowest BCUT2D eigenvalue weighted by Gasteiger charge is -2.21. The van der Waals surface area contributed by atoms with Crippen molar-refractivity contribution >= 4 is 52.1 Å². The number of non-ortho nitro benzene ring substituents is 1. The molecule has 0 radical (unpaired) electrons. The standard InChI is InChI=1S/C18H20N9O15P3/c19-16-15-17(22-7-21-16)26(8-23-15)14-4-12(13(39-14)6-38-44(34,35)42-45(36,37)41-43(31,32)33)40-18(28)11-2-1-10(27(29)30)3-9(11)5-24-25-20/h1-3,7-8,12-14H,4-6H2,(H,34,35)(H,36,37)(H2,19,21,22)(H2,31,32,33)/t12?,13-,14-/m1/s1. The Morgan fingerprint density at radius 2 is 1.93 bits per heavy atom. The first-order chi connectivity index (χ1) is 21.0. The molecular weight excluding hydrogens is 675 g/mol. The number of carbonyl (C=O) groups is 1. The Labute approximate surface area is 248 Å². The second-order valence-electron chi connectivity index (χ2n) is 8.77. The maximum atomic E-state index is 13.2. The first kappa shape index (κ1) is 34.0. The molecule has 3 unspecified atom stereocenters. The Morgan fingerprint density at radius 1 is 1.20 bits per heavy atom. The van der Waals surface area contributed by atoms with Crippen molar-refractivity contribution in [1.29, 1.82) is 0 Å². The van der Waals surface area contributed by atoms with Crippen LogP contribution in [0, 0.1) is 10.1 Å². The molecule has 1 aliphatic heterocycles. The van der Waals surface area contributed by atoms with E-state index in [1.807, 2.05) is 0 Å². The molecule has 24 nitrogen and oxygen atoms in total. The molecule has 27 heteroatoms. The first-order valence-electron chi connectivity index (χ1n) is 11.8. The quantitative estimate of drug-likeness (QED) is 0.0324. The van der Waals surface area contributed by atoms with Crippen molar-refractivity contribution in [3.05, 3.63) is 62.5 Å². The van der Waals surface area contributed by atoms with E-state index in [4.69, 9.17) is 30.5 Å². The number of hydrogen-bond donors (Lipinski definition) is 5. The normalized spacial score (nSPS) is 21.0. The smallest absolute Gasteiger partial charge is 0.456 e. The maximum Gasteiger partial charge on any atom is 0.490 e.